The summed E-state index contributed by atoms with van der Waals surface area (Å²) in [6.07, 6.45) is 1.43. The topological polar surface area (TPSA) is 30.0 Å². The molecule has 0 unspecified atom stereocenters. The summed E-state index contributed by atoms with van der Waals surface area (Å²) >= 11 is 3.30. The molecule has 0 aliphatic rings. The first kappa shape index (κ1) is 13.8. The molecule has 0 N–H and O–H groups in total. The molecule has 1 heterocycles. The normalized spacial score (nSPS) is 10.5. The van der Waals surface area contributed by atoms with Crippen molar-refractivity contribution in [2.24, 2.45) is 0 Å². The van der Waals surface area contributed by atoms with Gasteiger partial charge in [0.15, 0.2) is 5.78 Å². The number of hydrogen-bond acceptors (Lipinski definition) is 2. The van der Waals surface area contributed by atoms with Gasteiger partial charge in [0.25, 0.3) is 0 Å². The highest BCUT2D eigenvalue weighted by atomic mass is 79.9. The molecule has 2 nitrogen and oxygen atoms in total. The van der Waals surface area contributed by atoms with Crippen molar-refractivity contribution in [3.63, 3.8) is 0 Å². The highest BCUT2D eigenvalue weighted by Crippen LogP contribution is 2.18. The molecule has 0 radical (unpaired) electrons. The van der Waals surface area contributed by atoms with Gasteiger partial charge < -0.3 is 0 Å². The second-order valence-corrected chi connectivity index (χ2v) is 4.98. The Morgan fingerprint density at radius 1 is 1.32 bits per heavy atom. The molecule has 0 aliphatic heterocycles. The van der Waals surface area contributed by atoms with Crippen LogP contribution in [0.1, 0.15) is 21.6 Å². The lowest BCUT2D eigenvalue weighted by Gasteiger charge is -2.05. The van der Waals surface area contributed by atoms with E-state index >= 15 is 0 Å². The van der Waals surface area contributed by atoms with Gasteiger partial charge in [0.1, 0.15) is 11.6 Å². The van der Waals surface area contributed by atoms with Crippen LogP contribution < -0.4 is 0 Å². The van der Waals surface area contributed by atoms with Gasteiger partial charge in [0.05, 0.1) is 12.0 Å². The van der Waals surface area contributed by atoms with E-state index in [9.17, 15) is 13.6 Å². The van der Waals surface area contributed by atoms with E-state index in [1.54, 1.807) is 12.3 Å². The van der Waals surface area contributed by atoms with Gasteiger partial charge in [0, 0.05) is 16.4 Å². The summed E-state index contributed by atoms with van der Waals surface area (Å²) in [6, 6.07) is 5.07. The van der Waals surface area contributed by atoms with Crippen molar-refractivity contribution in [3.8, 4) is 0 Å². The van der Waals surface area contributed by atoms with E-state index in [1.165, 1.54) is 6.07 Å². The van der Waals surface area contributed by atoms with Crippen molar-refractivity contribution >= 4 is 21.7 Å². The zero-order chi connectivity index (χ0) is 14.0. The predicted octanol–water partition coefficient (Wildman–Crippen LogP) is 3.86. The summed E-state index contributed by atoms with van der Waals surface area (Å²) in [5.41, 5.74) is 0.880. The van der Waals surface area contributed by atoms with Crippen molar-refractivity contribution in [1.29, 1.82) is 0 Å². The van der Waals surface area contributed by atoms with Crippen LogP contribution in [0.15, 0.2) is 34.9 Å². The molecule has 2 aromatic rings. The fraction of sp³-hybridized carbons (Fsp3) is 0.143. The summed E-state index contributed by atoms with van der Waals surface area (Å²) in [5.74, 6) is -2.32. The largest absolute Gasteiger partial charge is 0.294 e. The number of carbonyl (C=O) groups is 1. The minimum atomic E-state index is -0.848. The Hall–Kier alpha value is -1.62. The number of aromatic nitrogens is 1. The first-order valence-corrected chi connectivity index (χ1v) is 6.36. The van der Waals surface area contributed by atoms with Crippen molar-refractivity contribution in [2.75, 3.05) is 0 Å². The molecule has 0 amide bonds. The van der Waals surface area contributed by atoms with Crippen LogP contribution in [0.4, 0.5) is 8.78 Å². The maximum Gasteiger partial charge on any atom is 0.174 e. The Morgan fingerprint density at radius 2 is 1.95 bits per heavy atom. The van der Waals surface area contributed by atoms with Gasteiger partial charge in [-0.25, -0.2) is 8.78 Å². The monoisotopic (exact) mass is 325 g/mol. The molecule has 1 aromatic carbocycles. The number of benzene rings is 1. The lowest BCUT2D eigenvalue weighted by molar-refractivity contribution is 0.0984. The van der Waals surface area contributed by atoms with E-state index in [2.05, 4.69) is 20.9 Å². The van der Waals surface area contributed by atoms with Crippen LogP contribution in [0.5, 0.6) is 0 Å². The number of aryl methyl sites for hydroxylation is 1. The number of Topliss-reactive ketones (excluding diaryl/α,β-unsaturated/α-hetero) is 1. The molecular formula is C14H10BrF2NO. The number of nitrogens with zero attached hydrogens (tertiary/aromatic N) is 1. The quantitative estimate of drug-likeness (QED) is 0.802. The van der Waals surface area contributed by atoms with Crippen LogP contribution >= 0.6 is 15.9 Å². The van der Waals surface area contributed by atoms with Gasteiger partial charge in [-0.3, -0.25) is 9.78 Å². The van der Waals surface area contributed by atoms with Crippen LogP contribution in [0, 0.1) is 18.6 Å². The van der Waals surface area contributed by atoms with Crippen molar-refractivity contribution in [2.45, 2.75) is 13.3 Å². The van der Waals surface area contributed by atoms with Gasteiger partial charge >= 0.3 is 0 Å². The number of ketones is 1. The second-order valence-electron chi connectivity index (χ2n) is 4.12. The van der Waals surface area contributed by atoms with E-state index in [0.717, 1.165) is 22.2 Å². The third-order valence-corrected chi connectivity index (χ3v) is 3.52. The molecule has 0 atom stereocenters. The second kappa shape index (κ2) is 5.57. The molecule has 0 saturated heterocycles. The molecular weight excluding hydrogens is 316 g/mol. The maximum absolute atomic E-state index is 13.5. The van der Waals surface area contributed by atoms with Gasteiger partial charge in [0.2, 0.25) is 0 Å². The zero-order valence-corrected chi connectivity index (χ0v) is 11.7. The Kier molecular flexibility index (Phi) is 4.04. The zero-order valence-electron chi connectivity index (χ0n) is 10.1. The van der Waals surface area contributed by atoms with Crippen LogP contribution in [-0.2, 0) is 6.42 Å². The summed E-state index contributed by atoms with van der Waals surface area (Å²) in [6.45, 7) is 1.85. The molecule has 0 bridgehead atoms. The molecule has 2 rings (SSSR count). The Labute approximate surface area is 117 Å². The average Bonchev–Trinajstić information content (AvgIpc) is 2.33. The fourth-order valence-corrected chi connectivity index (χ4v) is 1.93. The first-order valence-electron chi connectivity index (χ1n) is 5.57. The highest BCUT2D eigenvalue weighted by molar-refractivity contribution is 9.10. The number of rotatable bonds is 3. The number of hydrogen-bond donors (Lipinski definition) is 0. The molecule has 1 aromatic heterocycles. The smallest absolute Gasteiger partial charge is 0.174 e. The lowest BCUT2D eigenvalue weighted by atomic mass is 10.0. The molecule has 0 spiro atoms. The van der Waals surface area contributed by atoms with E-state index in [-0.39, 0.29) is 6.42 Å². The van der Waals surface area contributed by atoms with Crippen LogP contribution in [-0.4, -0.2) is 10.8 Å². The lowest BCUT2D eigenvalue weighted by Crippen LogP contribution is -2.10. The van der Waals surface area contributed by atoms with Crippen LogP contribution in [0.25, 0.3) is 0 Å². The van der Waals surface area contributed by atoms with Crippen molar-refractivity contribution < 1.29 is 13.6 Å². The van der Waals surface area contributed by atoms with Crippen molar-refractivity contribution in [3.05, 3.63) is 63.4 Å². The minimum absolute atomic E-state index is 0.133. The Bertz CT molecular complexity index is 623. The molecule has 0 aliphatic carbocycles. The van der Waals surface area contributed by atoms with Gasteiger partial charge in [-0.05, 0) is 46.6 Å². The van der Waals surface area contributed by atoms with Crippen LogP contribution in [0.2, 0.25) is 0 Å². The van der Waals surface area contributed by atoms with Gasteiger partial charge in [-0.1, -0.05) is 6.07 Å². The third-order valence-electron chi connectivity index (χ3n) is 2.69. The molecule has 0 saturated carbocycles. The van der Waals surface area contributed by atoms with E-state index < -0.39 is 23.0 Å². The Morgan fingerprint density at radius 3 is 2.53 bits per heavy atom. The van der Waals surface area contributed by atoms with Gasteiger partial charge in [-0.15, -0.1) is 0 Å². The number of halogens is 3. The average molecular weight is 326 g/mol. The van der Waals surface area contributed by atoms with E-state index in [0.29, 0.717) is 5.69 Å². The first-order chi connectivity index (χ1) is 8.99. The fourth-order valence-electron chi connectivity index (χ4n) is 1.71. The molecule has 5 heteroatoms. The van der Waals surface area contributed by atoms with E-state index in [4.69, 9.17) is 0 Å². The summed E-state index contributed by atoms with van der Waals surface area (Å²) in [4.78, 5) is 16.0. The van der Waals surface area contributed by atoms with Crippen molar-refractivity contribution in [1.82, 2.24) is 4.98 Å². The summed E-state index contributed by atoms with van der Waals surface area (Å²) in [7, 11) is 0. The highest BCUT2D eigenvalue weighted by Gasteiger charge is 2.17. The minimum Gasteiger partial charge on any atom is -0.294 e. The standard InChI is InChI=1S/C14H10BrF2NO/c1-8-5-9(18-7-10(8)15)6-13(19)14-11(16)3-2-4-12(14)17/h2-5,7H,6H2,1H3. The van der Waals surface area contributed by atoms with Crippen LogP contribution in [0.3, 0.4) is 0 Å². The predicted molar refractivity (Wildman–Crippen MR) is 71.1 cm³/mol. The third kappa shape index (κ3) is 3.04. The Balaban J connectivity index is 2.28. The molecule has 98 valence electrons. The van der Waals surface area contributed by atoms with Gasteiger partial charge in [-0.2, -0.15) is 0 Å². The summed E-state index contributed by atoms with van der Waals surface area (Å²) < 4.78 is 27.7. The summed E-state index contributed by atoms with van der Waals surface area (Å²) in [5, 5.41) is 0. The number of carbonyl (C=O) groups excluding carboxylic acids is 1. The molecule has 19 heavy (non-hydrogen) atoms. The number of pyridine rings is 1. The molecule has 0 fully saturated rings. The maximum atomic E-state index is 13.5. The SMILES string of the molecule is Cc1cc(CC(=O)c2c(F)cccc2F)ncc1Br. The van der Waals surface area contributed by atoms with E-state index in [1.807, 2.05) is 6.92 Å².